The van der Waals surface area contributed by atoms with Crippen LogP contribution in [0.2, 0.25) is 0 Å². The smallest absolute Gasteiger partial charge is 0.206 e. The van der Waals surface area contributed by atoms with Crippen LogP contribution < -0.4 is 4.90 Å². The van der Waals surface area contributed by atoms with E-state index in [9.17, 15) is 0 Å². The number of rotatable bonds is 4. The molecule has 0 bridgehead atoms. The van der Waals surface area contributed by atoms with E-state index in [-0.39, 0.29) is 0 Å². The van der Waals surface area contributed by atoms with Crippen LogP contribution in [0.4, 0.5) is 0 Å². The third-order valence-electron chi connectivity index (χ3n) is 3.39. The number of hydrogen-bond donors (Lipinski definition) is 1. The van der Waals surface area contributed by atoms with E-state index in [2.05, 4.69) is 27.7 Å². The van der Waals surface area contributed by atoms with Gasteiger partial charge in [0.1, 0.15) is 19.6 Å². The summed E-state index contributed by atoms with van der Waals surface area (Å²) in [6, 6.07) is 10.3. The molecular formula is C13H18N5O+. The van der Waals surface area contributed by atoms with Crippen molar-refractivity contribution in [1.29, 1.82) is 0 Å². The topological polar surface area (TPSA) is 57.3 Å². The van der Waals surface area contributed by atoms with Crippen molar-refractivity contribution in [3.63, 3.8) is 0 Å². The number of nitrogens with zero attached hydrogens (tertiary/aromatic N) is 4. The fraction of sp³-hybridized carbons (Fsp3) is 0.462. The molecule has 1 aliphatic heterocycles. The molecule has 3 rings (SSSR count). The highest BCUT2D eigenvalue weighted by Gasteiger charge is 2.18. The van der Waals surface area contributed by atoms with Gasteiger partial charge in [0.05, 0.1) is 19.8 Å². The predicted octanol–water partition coefficient (Wildman–Crippen LogP) is -0.863. The van der Waals surface area contributed by atoms with Gasteiger partial charge in [-0.2, -0.15) is 0 Å². The second kappa shape index (κ2) is 5.90. The lowest BCUT2D eigenvalue weighted by Gasteiger charge is -2.23. The van der Waals surface area contributed by atoms with Crippen LogP contribution in [0.15, 0.2) is 30.3 Å². The number of hydrogen-bond acceptors (Lipinski definition) is 4. The zero-order valence-electron chi connectivity index (χ0n) is 10.8. The summed E-state index contributed by atoms with van der Waals surface area (Å²) in [5.41, 5.74) is 1.22. The number of morpholine rings is 1. The van der Waals surface area contributed by atoms with Gasteiger partial charge in [-0.05, 0) is 16.0 Å². The highest BCUT2D eigenvalue weighted by molar-refractivity contribution is 5.14. The molecule has 1 aliphatic rings. The molecule has 0 radical (unpaired) electrons. The van der Waals surface area contributed by atoms with E-state index in [4.69, 9.17) is 4.74 Å². The van der Waals surface area contributed by atoms with Gasteiger partial charge >= 0.3 is 0 Å². The molecule has 1 fully saturated rings. The quantitative estimate of drug-likeness (QED) is 0.777. The van der Waals surface area contributed by atoms with Gasteiger partial charge in [-0.1, -0.05) is 30.3 Å². The molecule has 1 aromatic carbocycles. The first-order chi connectivity index (χ1) is 9.42. The van der Waals surface area contributed by atoms with Crippen LogP contribution >= 0.6 is 0 Å². The van der Waals surface area contributed by atoms with Gasteiger partial charge in [-0.3, -0.25) is 0 Å². The summed E-state index contributed by atoms with van der Waals surface area (Å²) < 4.78 is 7.25. The molecule has 0 unspecified atom stereocenters. The highest BCUT2D eigenvalue weighted by atomic mass is 16.5. The molecule has 6 nitrogen and oxygen atoms in total. The number of tetrazole rings is 1. The Bertz CT molecular complexity index is 507. The van der Waals surface area contributed by atoms with E-state index in [0.717, 1.165) is 45.2 Å². The molecule has 19 heavy (non-hydrogen) atoms. The molecule has 100 valence electrons. The number of benzene rings is 1. The Labute approximate surface area is 112 Å². The molecule has 1 saturated heterocycles. The van der Waals surface area contributed by atoms with Crippen molar-refractivity contribution in [1.82, 2.24) is 20.2 Å². The second-order valence-electron chi connectivity index (χ2n) is 4.78. The average molecular weight is 260 g/mol. The number of quaternary nitrogens is 1. The Morgan fingerprint density at radius 2 is 1.95 bits per heavy atom. The molecule has 0 spiro atoms. The minimum Gasteiger partial charge on any atom is -0.370 e. The van der Waals surface area contributed by atoms with Gasteiger partial charge in [0.2, 0.25) is 5.82 Å². The van der Waals surface area contributed by atoms with Crippen LogP contribution in [0.5, 0.6) is 0 Å². The summed E-state index contributed by atoms with van der Waals surface area (Å²) in [4.78, 5) is 1.48. The molecule has 0 atom stereocenters. The Kier molecular flexibility index (Phi) is 3.81. The highest BCUT2D eigenvalue weighted by Crippen LogP contribution is 2.02. The van der Waals surface area contributed by atoms with Crippen LogP contribution in [-0.2, 0) is 17.8 Å². The van der Waals surface area contributed by atoms with E-state index in [1.165, 1.54) is 10.5 Å². The van der Waals surface area contributed by atoms with Crippen LogP contribution in [0.1, 0.15) is 11.4 Å². The van der Waals surface area contributed by atoms with E-state index >= 15 is 0 Å². The summed E-state index contributed by atoms with van der Waals surface area (Å²) >= 11 is 0. The largest absolute Gasteiger partial charge is 0.370 e. The summed E-state index contributed by atoms with van der Waals surface area (Å²) in [6.45, 7) is 5.30. The lowest BCUT2D eigenvalue weighted by molar-refractivity contribution is -0.922. The van der Waals surface area contributed by atoms with Crippen LogP contribution in [0.25, 0.3) is 0 Å². The first kappa shape index (κ1) is 12.3. The predicted molar refractivity (Wildman–Crippen MR) is 68.6 cm³/mol. The molecule has 1 aromatic heterocycles. The molecule has 0 saturated carbocycles. The molecule has 0 amide bonds. The fourth-order valence-corrected chi connectivity index (χ4v) is 2.29. The molecule has 6 heteroatoms. The van der Waals surface area contributed by atoms with E-state index < -0.39 is 0 Å². The van der Waals surface area contributed by atoms with Crippen molar-refractivity contribution in [2.45, 2.75) is 13.1 Å². The maximum Gasteiger partial charge on any atom is 0.206 e. The standard InChI is InChI=1S/C13H17N5O/c1-2-4-12(5-3-1)10-18-13(14-15-16-18)11-17-6-8-19-9-7-17/h1-5H,6-11H2/p+1. The van der Waals surface area contributed by atoms with Crippen molar-refractivity contribution in [3.05, 3.63) is 41.7 Å². The van der Waals surface area contributed by atoms with E-state index in [1.807, 2.05) is 22.9 Å². The zero-order valence-corrected chi connectivity index (χ0v) is 10.8. The van der Waals surface area contributed by atoms with Crippen molar-refractivity contribution >= 4 is 0 Å². The maximum absolute atomic E-state index is 5.37. The second-order valence-corrected chi connectivity index (χ2v) is 4.78. The third kappa shape index (κ3) is 3.15. The monoisotopic (exact) mass is 260 g/mol. The van der Waals surface area contributed by atoms with Gasteiger partial charge < -0.3 is 9.64 Å². The third-order valence-corrected chi connectivity index (χ3v) is 3.39. The lowest BCUT2D eigenvalue weighted by Crippen LogP contribution is -3.12. The van der Waals surface area contributed by atoms with Crippen LogP contribution in [-0.4, -0.2) is 46.5 Å². The number of aromatic nitrogens is 4. The SMILES string of the molecule is c1ccc(Cn2nnnc2C[NH+]2CCOCC2)cc1. The normalized spacial score (nSPS) is 16.6. The van der Waals surface area contributed by atoms with Crippen molar-refractivity contribution in [2.24, 2.45) is 0 Å². The first-order valence-electron chi connectivity index (χ1n) is 6.62. The molecule has 2 heterocycles. The minimum atomic E-state index is 0.729. The van der Waals surface area contributed by atoms with Gasteiger partial charge in [0.15, 0.2) is 0 Å². The van der Waals surface area contributed by atoms with Crippen LogP contribution in [0.3, 0.4) is 0 Å². The lowest BCUT2D eigenvalue weighted by atomic mass is 10.2. The van der Waals surface area contributed by atoms with Crippen molar-refractivity contribution in [3.8, 4) is 0 Å². The van der Waals surface area contributed by atoms with Gasteiger partial charge in [0.25, 0.3) is 0 Å². The van der Waals surface area contributed by atoms with E-state index in [0.29, 0.717) is 0 Å². The Morgan fingerprint density at radius 1 is 1.16 bits per heavy atom. The Hall–Kier alpha value is -1.79. The van der Waals surface area contributed by atoms with Crippen molar-refractivity contribution in [2.75, 3.05) is 26.3 Å². The summed E-state index contributed by atoms with van der Waals surface area (Å²) in [7, 11) is 0. The van der Waals surface area contributed by atoms with Crippen molar-refractivity contribution < 1.29 is 9.64 Å². The van der Waals surface area contributed by atoms with Gasteiger partial charge in [0, 0.05) is 0 Å². The van der Waals surface area contributed by atoms with Gasteiger partial charge in [-0.25, -0.2) is 4.68 Å². The molecule has 0 aliphatic carbocycles. The summed E-state index contributed by atoms with van der Waals surface area (Å²) in [5, 5.41) is 12.0. The fourth-order valence-electron chi connectivity index (χ4n) is 2.29. The summed E-state index contributed by atoms with van der Waals surface area (Å²) in [5.74, 6) is 0.945. The first-order valence-corrected chi connectivity index (χ1v) is 6.62. The molecular weight excluding hydrogens is 242 g/mol. The minimum absolute atomic E-state index is 0.729. The molecule has 1 N–H and O–H groups in total. The summed E-state index contributed by atoms with van der Waals surface area (Å²) in [6.07, 6.45) is 0. The van der Waals surface area contributed by atoms with Crippen LogP contribution in [0, 0.1) is 0 Å². The molecule has 2 aromatic rings. The number of ether oxygens (including phenoxy) is 1. The average Bonchev–Trinajstić information content (AvgIpc) is 2.88. The number of nitrogens with one attached hydrogen (secondary N) is 1. The zero-order chi connectivity index (χ0) is 12.9. The Morgan fingerprint density at radius 3 is 2.74 bits per heavy atom. The van der Waals surface area contributed by atoms with Gasteiger partial charge in [-0.15, -0.1) is 5.10 Å². The van der Waals surface area contributed by atoms with E-state index in [1.54, 1.807) is 0 Å². The maximum atomic E-state index is 5.37. The Balaban J connectivity index is 1.68.